The van der Waals surface area contributed by atoms with Crippen molar-refractivity contribution in [3.8, 4) is 11.1 Å². The van der Waals surface area contributed by atoms with Crippen molar-refractivity contribution in [2.45, 2.75) is 19.3 Å². The first kappa shape index (κ1) is 16.0. The highest BCUT2D eigenvalue weighted by Crippen LogP contribution is 2.31. The van der Waals surface area contributed by atoms with Gasteiger partial charge < -0.3 is 0 Å². The SMILES string of the molecule is [B]c1ccc(-c2ccc(C3=CCC(C4=CCCC=C4)C=C3)cc2)cc1. The van der Waals surface area contributed by atoms with E-state index in [1.807, 2.05) is 12.1 Å². The first-order chi connectivity index (χ1) is 12.3. The fraction of sp³-hybridized carbons (Fsp3) is 0.167. The summed E-state index contributed by atoms with van der Waals surface area (Å²) in [6, 6.07) is 16.8. The van der Waals surface area contributed by atoms with Crippen LogP contribution in [-0.2, 0) is 0 Å². The smallest absolute Gasteiger partial charge is 0.0966 e. The highest BCUT2D eigenvalue weighted by Gasteiger charge is 2.13. The van der Waals surface area contributed by atoms with E-state index in [4.69, 9.17) is 7.85 Å². The second kappa shape index (κ2) is 7.15. The molecule has 0 bridgehead atoms. The molecule has 0 spiro atoms. The predicted molar refractivity (Wildman–Crippen MR) is 109 cm³/mol. The summed E-state index contributed by atoms with van der Waals surface area (Å²) in [5, 5.41) is 0. The van der Waals surface area contributed by atoms with E-state index in [0.29, 0.717) is 5.92 Å². The van der Waals surface area contributed by atoms with Crippen LogP contribution in [0.15, 0.2) is 90.6 Å². The molecule has 1 heteroatoms. The lowest BCUT2D eigenvalue weighted by molar-refractivity contribution is 0.773. The minimum Gasteiger partial charge on any atom is -0.0966 e. The van der Waals surface area contributed by atoms with Gasteiger partial charge >= 0.3 is 0 Å². The second-order valence-electron chi connectivity index (χ2n) is 6.74. The van der Waals surface area contributed by atoms with Crippen LogP contribution in [-0.4, -0.2) is 7.85 Å². The summed E-state index contributed by atoms with van der Waals surface area (Å²) in [6.45, 7) is 0. The molecule has 0 N–H and O–H groups in total. The molecule has 2 aromatic carbocycles. The third kappa shape index (κ3) is 3.61. The van der Waals surface area contributed by atoms with Crippen molar-refractivity contribution in [2.75, 3.05) is 0 Å². The van der Waals surface area contributed by atoms with Crippen LogP contribution >= 0.6 is 0 Å². The Labute approximate surface area is 151 Å². The molecule has 1 atom stereocenters. The lowest BCUT2D eigenvalue weighted by Gasteiger charge is -2.19. The molecule has 0 aliphatic heterocycles. The quantitative estimate of drug-likeness (QED) is 0.666. The van der Waals surface area contributed by atoms with E-state index in [9.17, 15) is 0 Å². The summed E-state index contributed by atoms with van der Waals surface area (Å²) in [5.41, 5.74) is 7.29. The Kier molecular flexibility index (Phi) is 4.56. The van der Waals surface area contributed by atoms with E-state index in [0.717, 1.165) is 11.9 Å². The topological polar surface area (TPSA) is 0 Å². The molecule has 120 valence electrons. The number of rotatable bonds is 3. The zero-order valence-electron chi connectivity index (χ0n) is 14.4. The van der Waals surface area contributed by atoms with Crippen LogP contribution in [0.1, 0.15) is 24.8 Å². The molecule has 2 radical (unpaired) electrons. The Hall–Kier alpha value is -2.54. The molecule has 25 heavy (non-hydrogen) atoms. The van der Waals surface area contributed by atoms with Gasteiger partial charge in [0.15, 0.2) is 0 Å². The molecule has 1 unspecified atom stereocenters. The van der Waals surface area contributed by atoms with Gasteiger partial charge in [-0.05, 0) is 47.1 Å². The van der Waals surface area contributed by atoms with Crippen molar-refractivity contribution < 1.29 is 0 Å². The summed E-state index contributed by atoms with van der Waals surface area (Å²) in [4.78, 5) is 0. The molecule has 2 aromatic rings. The van der Waals surface area contributed by atoms with Crippen LogP contribution < -0.4 is 5.46 Å². The van der Waals surface area contributed by atoms with Crippen LogP contribution in [0.4, 0.5) is 0 Å². The Morgan fingerprint density at radius 1 is 0.720 bits per heavy atom. The lowest BCUT2D eigenvalue weighted by atomic mass is 9.85. The fourth-order valence-corrected chi connectivity index (χ4v) is 3.52. The minimum atomic E-state index is 0.536. The Balaban J connectivity index is 1.49. The van der Waals surface area contributed by atoms with Crippen LogP contribution in [0.3, 0.4) is 0 Å². The first-order valence-corrected chi connectivity index (χ1v) is 9.01. The van der Waals surface area contributed by atoms with E-state index >= 15 is 0 Å². The maximum Gasteiger partial charge on any atom is 0.113 e. The van der Waals surface area contributed by atoms with Gasteiger partial charge in [-0.25, -0.2) is 0 Å². The van der Waals surface area contributed by atoms with E-state index in [2.05, 4.69) is 72.9 Å². The molecule has 4 rings (SSSR count). The third-order valence-electron chi connectivity index (χ3n) is 5.01. The third-order valence-corrected chi connectivity index (χ3v) is 5.01. The van der Waals surface area contributed by atoms with Gasteiger partial charge in [-0.1, -0.05) is 90.4 Å². The molecule has 0 fully saturated rings. The summed E-state index contributed by atoms with van der Waals surface area (Å²) in [6.07, 6.45) is 17.4. The van der Waals surface area contributed by atoms with Crippen LogP contribution in [0.25, 0.3) is 16.7 Å². The van der Waals surface area contributed by atoms with E-state index in [1.165, 1.54) is 40.7 Å². The van der Waals surface area contributed by atoms with Crippen molar-refractivity contribution in [3.05, 3.63) is 96.1 Å². The summed E-state index contributed by atoms with van der Waals surface area (Å²) in [5.74, 6) is 0.536. The van der Waals surface area contributed by atoms with Crippen molar-refractivity contribution in [1.29, 1.82) is 0 Å². The van der Waals surface area contributed by atoms with Crippen molar-refractivity contribution in [3.63, 3.8) is 0 Å². The average molecular weight is 320 g/mol. The maximum atomic E-state index is 5.77. The standard InChI is InChI=1S/C24H21B/c25-24-16-14-23(15-17-24)22-12-10-21(11-13-22)20-8-6-19(7-9-20)18-4-2-1-3-5-18/h2,4-6,8-17,19H,1,3,7H2. The van der Waals surface area contributed by atoms with Crippen LogP contribution in [0, 0.1) is 5.92 Å². The molecule has 0 nitrogen and oxygen atoms in total. The van der Waals surface area contributed by atoms with Crippen LogP contribution in [0.5, 0.6) is 0 Å². The predicted octanol–water partition coefficient (Wildman–Crippen LogP) is 5.38. The number of hydrogen-bond donors (Lipinski definition) is 0. The molecule has 0 aromatic heterocycles. The molecular weight excluding hydrogens is 299 g/mol. The van der Waals surface area contributed by atoms with Crippen LogP contribution in [0.2, 0.25) is 0 Å². The number of allylic oxidation sites excluding steroid dienone is 8. The normalized spacial score (nSPS) is 19.4. The summed E-state index contributed by atoms with van der Waals surface area (Å²) >= 11 is 0. The zero-order valence-corrected chi connectivity index (χ0v) is 14.4. The van der Waals surface area contributed by atoms with Crippen molar-refractivity contribution >= 4 is 18.9 Å². The summed E-state index contributed by atoms with van der Waals surface area (Å²) < 4.78 is 0. The van der Waals surface area contributed by atoms with Gasteiger partial charge in [0.05, 0.1) is 0 Å². The Morgan fingerprint density at radius 2 is 1.40 bits per heavy atom. The van der Waals surface area contributed by atoms with Gasteiger partial charge in [0.25, 0.3) is 0 Å². The van der Waals surface area contributed by atoms with Crippen molar-refractivity contribution in [2.24, 2.45) is 5.92 Å². The van der Waals surface area contributed by atoms with E-state index in [1.54, 1.807) is 0 Å². The van der Waals surface area contributed by atoms with E-state index in [-0.39, 0.29) is 0 Å². The van der Waals surface area contributed by atoms with Gasteiger partial charge in [-0.15, -0.1) is 0 Å². The fourth-order valence-electron chi connectivity index (χ4n) is 3.52. The van der Waals surface area contributed by atoms with Gasteiger partial charge in [-0.2, -0.15) is 0 Å². The second-order valence-corrected chi connectivity index (χ2v) is 6.74. The largest absolute Gasteiger partial charge is 0.113 e. The number of hydrogen-bond acceptors (Lipinski definition) is 0. The molecule has 2 aliphatic carbocycles. The maximum absolute atomic E-state index is 5.77. The molecule has 0 heterocycles. The lowest BCUT2D eigenvalue weighted by Crippen LogP contribution is -2.03. The monoisotopic (exact) mass is 320 g/mol. The average Bonchev–Trinajstić information content (AvgIpc) is 2.70. The van der Waals surface area contributed by atoms with E-state index < -0.39 is 0 Å². The van der Waals surface area contributed by atoms with Gasteiger partial charge in [0.2, 0.25) is 0 Å². The Bertz CT molecular complexity index is 861. The highest BCUT2D eigenvalue weighted by molar-refractivity contribution is 6.32. The zero-order chi connectivity index (χ0) is 17.1. The van der Waals surface area contributed by atoms with Gasteiger partial charge in [0.1, 0.15) is 7.85 Å². The molecular formula is C24H21B. The van der Waals surface area contributed by atoms with Gasteiger partial charge in [0, 0.05) is 5.92 Å². The molecule has 2 aliphatic rings. The van der Waals surface area contributed by atoms with Crippen molar-refractivity contribution in [1.82, 2.24) is 0 Å². The first-order valence-electron chi connectivity index (χ1n) is 9.01. The molecule has 0 amide bonds. The minimum absolute atomic E-state index is 0.536. The Morgan fingerprint density at radius 3 is 2.00 bits per heavy atom. The summed E-state index contributed by atoms with van der Waals surface area (Å²) in [7, 11) is 5.77. The number of benzene rings is 2. The highest BCUT2D eigenvalue weighted by atomic mass is 14.2. The van der Waals surface area contributed by atoms with Gasteiger partial charge in [-0.3, -0.25) is 0 Å². The molecule has 0 saturated heterocycles. The molecule has 0 saturated carbocycles.